The highest BCUT2D eigenvalue weighted by Gasteiger charge is 2.24. The summed E-state index contributed by atoms with van der Waals surface area (Å²) in [6.07, 6.45) is 0.151. The van der Waals surface area contributed by atoms with Crippen LogP contribution in [0.1, 0.15) is 12.8 Å². The minimum atomic E-state index is -3.74. The van der Waals surface area contributed by atoms with Gasteiger partial charge in [-0.2, -0.15) is 0 Å². The lowest BCUT2D eigenvalue weighted by Crippen LogP contribution is -2.28. The van der Waals surface area contributed by atoms with E-state index in [1.807, 2.05) is 0 Å². The van der Waals surface area contributed by atoms with Crippen molar-refractivity contribution in [3.8, 4) is 5.75 Å². The lowest BCUT2D eigenvalue weighted by Gasteiger charge is -2.18. The maximum absolute atomic E-state index is 12.4. The summed E-state index contributed by atoms with van der Waals surface area (Å²) < 4.78 is 30.8. The number of benzene rings is 1. The first kappa shape index (κ1) is 16.7. The van der Waals surface area contributed by atoms with Gasteiger partial charge in [-0.25, -0.2) is 12.7 Å². The third-order valence-corrected chi connectivity index (χ3v) is 4.81. The average molecular weight is 322 g/mol. The van der Waals surface area contributed by atoms with Crippen LogP contribution in [0.4, 0.5) is 0 Å². The van der Waals surface area contributed by atoms with Crippen LogP contribution in [-0.2, 0) is 14.8 Å². The number of carbonyl (C=O) groups is 1. The second-order valence-corrected chi connectivity index (χ2v) is 6.57. The standard InChI is InChI=1S/C12H16ClNO5S/c1-14(7-3-4-12(15)16)20(17,18)11-6-5-9(13)8-10(11)19-2/h5-6,8H,3-4,7H2,1-2H3,(H,15,16). The number of rotatable bonds is 7. The van der Waals surface area contributed by atoms with Crippen molar-refractivity contribution >= 4 is 27.6 Å². The Bertz CT molecular complexity index is 588. The summed E-state index contributed by atoms with van der Waals surface area (Å²) in [6, 6.07) is 4.24. The summed E-state index contributed by atoms with van der Waals surface area (Å²) in [4.78, 5) is 10.4. The van der Waals surface area contributed by atoms with E-state index in [0.29, 0.717) is 5.02 Å². The first-order valence-electron chi connectivity index (χ1n) is 5.80. The van der Waals surface area contributed by atoms with E-state index in [1.165, 1.54) is 32.4 Å². The Hall–Kier alpha value is -1.31. The molecule has 0 atom stereocenters. The van der Waals surface area contributed by atoms with Crippen LogP contribution in [-0.4, -0.2) is 44.5 Å². The molecular formula is C12H16ClNO5S. The van der Waals surface area contributed by atoms with Crippen LogP contribution in [0.2, 0.25) is 5.02 Å². The van der Waals surface area contributed by atoms with Crippen LogP contribution in [0.25, 0.3) is 0 Å². The summed E-state index contributed by atoms with van der Waals surface area (Å²) >= 11 is 5.79. The quantitative estimate of drug-likeness (QED) is 0.828. The third-order valence-electron chi connectivity index (χ3n) is 2.68. The molecule has 0 aliphatic heterocycles. The van der Waals surface area contributed by atoms with Gasteiger partial charge in [0.25, 0.3) is 0 Å². The Kier molecular flexibility index (Phi) is 5.79. The first-order chi connectivity index (χ1) is 9.28. The van der Waals surface area contributed by atoms with Gasteiger partial charge in [-0.1, -0.05) is 11.6 Å². The molecule has 0 radical (unpaired) electrons. The van der Waals surface area contributed by atoms with Gasteiger partial charge in [-0.05, 0) is 18.6 Å². The van der Waals surface area contributed by atoms with E-state index in [1.54, 1.807) is 0 Å². The highest BCUT2D eigenvalue weighted by Crippen LogP contribution is 2.29. The summed E-state index contributed by atoms with van der Waals surface area (Å²) in [6.45, 7) is 0.112. The molecule has 0 aliphatic carbocycles. The van der Waals surface area contributed by atoms with Gasteiger partial charge in [0.1, 0.15) is 10.6 Å². The number of hydrogen-bond donors (Lipinski definition) is 1. The van der Waals surface area contributed by atoms with Gasteiger partial charge in [0.15, 0.2) is 0 Å². The molecule has 6 nitrogen and oxygen atoms in total. The number of aliphatic carboxylic acids is 1. The van der Waals surface area contributed by atoms with Crippen molar-refractivity contribution in [1.29, 1.82) is 0 Å². The number of nitrogens with zero attached hydrogens (tertiary/aromatic N) is 1. The van der Waals surface area contributed by atoms with Crippen molar-refractivity contribution in [1.82, 2.24) is 4.31 Å². The number of ether oxygens (including phenoxy) is 1. The average Bonchev–Trinajstić information content (AvgIpc) is 2.37. The van der Waals surface area contributed by atoms with Crippen LogP contribution >= 0.6 is 11.6 Å². The van der Waals surface area contributed by atoms with Gasteiger partial charge in [0.05, 0.1) is 7.11 Å². The Morgan fingerprint density at radius 3 is 2.65 bits per heavy atom. The highest BCUT2D eigenvalue weighted by atomic mass is 35.5. The molecule has 112 valence electrons. The van der Waals surface area contributed by atoms with Gasteiger partial charge in [0, 0.05) is 31.1 Å². The molecule has 0 aromatic heterocycles. The second kappa shape index (κ2) is 6.92. The van der Waals surface area contributed by atoms with E-state index in [9.17, 15) is 13.2 Å². The minimum absolute atomic E-state index is 0.00206. The molecule has 0 fully saturated rings. The van der Waals surface area contributed by atoms with E-state index in [2.05, 4.69) is 0 Å². The molecule has 20 heavy (non-hydrogen) atoms. The zero-order chi connectivity index (χ0) is 15.3. The number of halogens is 1. The summed E-state index contributed by atoms with van der Waals surface area (Å²) in [5, 5.41) is 8.93. The van der Waals surface area contributed by atoms with Crippen LogP contribution in [0.15, 0.2) is 23.1 Å². The Labute approximate surface area is 123 Å². The predicted molar refractivity (Wildman–Crippen MR) is 74.7 cm³/mol. The number of hydrogen-bond acceptors (Lipinski definition) is 4. The zero-order valence-electron chi connectivity index (χ0n) is 11.2. The number of carboxylic acid groups (broad SMARTS) is 1. The normalized spacial score (nSPS) is 11.6. The first-order valence-corrected chi connectivity index (χ1v) is 7.62. The lowest BCUT2D eigenvalue weighted by atomic mass is 10.3. The molecule has 1 N–H and O–H groups in total. The maximum Gasteiger partial charge on any atom is 0.303 e. The molecule has 0 spiro atoms. The Morgan fingerprint density at radius 2 is 2.10 bits per heavy atom. The zero-order valence-corrected chi connectivity index (χ0v) is 12.7. The minimum Gasteiger partial charge on any atom is -0.495 e. The Morgan fingerprint density at radius 1 is 1.45 bits per heavy atom. The third kappa shape index (κ3) is 4.09. The van der Waals surface area contributed by atoms with Crippen LogP contribution in [0.3, 0.4) is 0 Å². The largest absolute Gasteiger partial charge is 0.495 e. The van der Waals surface area contributed by atoms with Crippen molar-refractivity contribution in [3.63, 3.8) is 0 Å². The fourth-order valence-electron chi connectivity index (χ4n) is 1.60. The van der Waals surface area contributed by atoms with Gasteiger partial charge < -0.3 is 9.84 Å². The fraction of sp³-hybridized carbons (Fsp3) is 0.417. The van der Waals surface area contributed by atoms with Gasteiger partial charge in [-0.3, -0.25) is 4.79 Å². The Balaban J connectivity index is 2.95. The smallest absolute Gasteiger partial charge is 0.303 e. The second-order valence-electron chi connectivity index (χ2n) is 4.12. The molecule has 0 amide bonds. The van der Waals surface area contributed by atoms with Crippen LogP contribution in [0.5, 0.6) is 5.75 Å². The summed E-state index contributed by atoms with van der Waals surface area (Å²) in [7, 11) is -0.989. The maximum atomic E-state index is 12.4. The van der Waals surface area contributed by atoms with E-state index in [-0.39, 0.29) is 30.0 Å². The number of methoxy groups -OCH3 is 1. The number of carboxylic acids is 1. The molecule has 1 aromatic rings. The molecule has 1 aromatic carbocycles. The van der Waals surface area contributed by atoms with E-state index < -0.39 is 16.0 Å². The molecule has 1 rings (SSSR count). The van der Waals surface area contributed by atoms with E-state index >= 15 is 0 Å². The molecule has 0 bridgehead atoms. The van der Waals surface area contributed by atoms with Crippen molar-refractivity contribution in [2.24, 2.45) is 0 Å². The van der Waals surface area contributed by atoms with Crippen molar-refractivity contribution in [2.45, 2.75) is 17.7 Å². The summed E-state index contributed by atoms with van der Waals surface area (Å²) in [5.74, 6) is -0.803. The van der Waals surface area contributed by atoms with E-state index in [0.717, 1.165) is 4.31 Å². The molecule has 0 heterocycles. The predicted octanol–water partition coefficient (Wildman–Crippen LogP) is 1.83. The van der Waals surface area contributed by atoms with Gasteiger partial charge >= 0.3 is 5.97 Å². The molecule has 0 aliphatic rings. The van der Waals surface area contributed by atoms with E-state index in [4.69, 9.17) is 21.4 Å². The van der Waals surface area contributed by atoms with Crippen molar-refractivity contribution in [3.05, 3.63) is 23.2 Å². The van der Waals surface area contributed by atoms with Crippen molar-refractivity contribution in [2.75, 3.05) is 20.7 Å². The molecule has 0 unspecified atom stereocenters. The lowest BCUT2D eigenvalue weighted by molar-refractivity contribution is -0.137. The number of sulfonamides is 1. The SMILES string of the molecule is COc1cc(Cl)ccc1S(=O)(=O)N(C)CCCC(=O)O. The highest BCUT2D eigenvalue weighted by molar-refractivity contribution is 7.89. The molecule has 0 saturated carbocycles. The van der Waals surface area contributed by atoms with Gasteiger partial charge in [0.2, 0.25) is 10.0 Å². The fourth-order valence-corrected chi connectivity index (χ4v) is 3.10. The van der Waals surface area contributed by atoms with Crippen LogP contribution < -0.4 is 4.74 Å². The van der Waals surface area contributed by atoms with Crippen molar-refractivity contribution < 1.29 is 23.1 Å². The molecule has 0 saturated heterocycles. The van der Waals surface area contributed by atoms with Crippen LogP contribution in [0, 0.1) is 0 Å². The van der Waals surface area contributed by atoms with Gasteiger partial charge in [-0.15, -0.1) is 0 Å². The summed E-state index contributed by atoms with van der Waals surface area (Å²) in [5.41, 5.74) is 0. The topological polar surface area (TPSA) is 83.9 Å². The molecular weight excluding hydrogens is 306 g/mol. The monoisotopic (exact) mass is 321 g/mol. The molecule has 8 heteroatoms.